The molecule has 146 valence electrons. The van der Waals surface area contributed by atoms with E-state index >= 15 is 0 Å². The molecular weight excluding hydrogens is 375 g/mol. The second-order valence-corrected chi connectivity index (χ2v) is 6.64. The molecular formula is C21H17FN4O3. The van der Waals surface area contributed by atoms with Gasteiger partial charge in [-0.15, -0.1) is 0 Å². The Morgan fingerprint density at radius 1 is 0.897 bits per heavy atom. The van der Waals surface area contributed by atoms with E-state index in [0.29, 0.717) is 23.1 Å². The molecule has 0 atom stereocenters. The van der Waals surface area contributed by atoms with Gasteiger partial charge in [0, 0.05) is 0 Å². The van der Waals surface area contributed by atoms with Crippen molar-refractivity contribution >= 4 is 0 Å². The first-order valence-corrected chi connectivity index (χ1v) is 8.84. The fourth-order valence-corrected chi connectivity index (χ4v) is 2.51. The Kier molecular flexibility index (Phi) is 4.90. The van der Waals surface area contributed by atoms with Crippen molar-refractivity contribution in [3.05, 3.63) is 78.7 Å². The second-order valence-electron chi connectivity index (χ2n) is 6.64. The van der Waals surface area contributed by atoms with Gasteiger partial charge < -0.3 is 14.0 Å². The molecule has 0 aliphatic heterocycles. The number of nitrogens with zero attached hydrogens (tertiary/aromatic N) is 4. The molecule has 8 heteroatoms. The topological polar surface area (TPSA) is 83.2 Å². The summed E-state index contributed by atoms with van der Waals surface area (Å²) in [6.07, 6.45) is 2.99. The summed E-state index contributed by atoms with van der Waals surface area (Å²) in [5.41, 5.74) is -0.495. The van der Waals surface area contributed by atoms with Crippen LogP contribution in [-0.4, -0.2) is 20.1 Å². The van der Waals surface area contributed by atoms with Crippen LogP contribution in [0, 0.1) is 5.82 Å². The monoisotopic (exact) mass is 392 g/mol. The molecule has 0 amide bonds. The summed E-state index contributed by atoms with van der Waals surface area (Å²) in [5, 5.41) is 3.95. The summed E-state index contributed by atoms with van der Waals surface area (Å²) in [7, 11) is 0. The van der Waals surface area contributed by atoms with E-state index in [9.17, 15) is 4.39 Å². The lowest BCUT2D eigenvalue weighted by Crippen LogP contribution is -2.25. The van der Waals surface area contributed by atoms with Gasteiger partial charge in [0.25, 0.3) is 5.89 Å². The Morgan fingerprint density at radius 2 is 1.66 bits per heavy atom. The fraction of sp³-hybridized carbons (Fsp3) is 0.143. The molecule has 2 aromatic carbocycles. The van der Waals surface area contributed by atoms with Gasteiger partial charge in [-0.2, -0.15) is 4.98 Å². The Balaban J connectivity index is 1.48. The Hall–Kier alpha value is -3.81. The summed E-state index contributed by atoms with van der Waals surface area (Å²) >= 11 is 0. The normalized spacial score (nSPS) is 11.3. The summed E-state index contributed by atoms with van der Waals surface area (Å²) in [6, 6.07) is 15.0. The zero-order valence-electron chi connectivity index (χ0n) is 15.7. The zero-order valence-corrected chi connectivity index (χ0v) is 15.7. The number of hydrogen-bond acceptors (Lipinski definition) is 7. The van der Waals surface area contributed by atoms with Crippen LogP contribution in [0.15, 0.2) is 71.5 Å². The van der Waals surface area contributed by atoms with Crippen molar-refractivity contribution in [1.82, 2.24) is 20.1 Å². The highest BCUT2D eigenvalue weighted by molar-refractivity contribution is 5.46. The number of halogens is 1. The summed E-state index contributed by atoms with van der Waals surface area (Å²) in [6.45, 7) is 3.55. The first-order chi connectivity index (χ1) is 14.0. The van der Waals surface area contributed by atoms with Crippen LogP contribution in [0.3, 0.4) is 0 Å². The third-order valence-electron chi connectivity index (χ3n) is 3.95. The molecule has 4 aromatic rings. The van der Waals surface area contributed by atoms with Gasteiger partial charge in [-0.3, -0.25) is 0 Å². The maximum Gasteiger partial charge on any atom is 0.270 e. The highest BCUT2D eigenvalue weighted by atomic mass is 19.1. The largest absolute Gasteiger partial charge is 0.478 e. The molecule has 0 fully saturated rings. The van der Waals surface area contributed by atoms with Gasteiger partial charge in [0.1, 0.15) is 23.0 Å². The van der Waals surface area contributed by atoms with E-state index in [4.69, 9.17) is 14.0 Å². The van der Waals surface area contributed by atoms with Gasteiger partial charge in [0.15, 0.2) is 5.60 Å². The second kappa shape index (κ2) is 7.67. The smallest absolute Gasteiger partial charge is 0.270 e. The Labute approximate surface area is 166 Å². The molecule has 29 heavy (non-hydrogen) atoms. The SMILES string of the molecule is CC(C)(Oc1ccc(F)cc1)c1nc(-c2cnc(Oc3ccccc3)cn2)no1. The average molecular weight is 392 g/mol. The molecule has 0 bridgehead atoms. The van der Waals surface area contributed by atoms with Gasteiger partial charge in [0.05, 0.1) is 12.4 Å². The lowest BCUT2D eigenvalue weighted by Gasteiger charge is -2.22. The Morgan fingerprint density at radius 3 is 2.34 bits per heavy atom. The van der Waals surface area contributed by atoms with Gasteiger partial charge in [0.2, 0.25) is 11.7 Å². The number of ether oxygens (including phenoxy) is 2. The van der Waals surface area contributed by atoms with Crippen LogP contribution >= 0.6 is 0 Å². The van der Waals surface area contributed by atoms with Crippen LogP contribution in [-0.2, 0) is 5.60 Å². The first kappa shape index (κ1) is 18.5. The van der Waals surface area contributed by atoms with Crippen molar-refractivity contribution in [2.24, 2.45) is 0 Å². The van der Waals surface area contributed by atoms with E-state index in [0.717, 1.165) is 0 Å². The van der Waals surface area contributed by atoms with Crippen molar-refractivity contribution in [3.8, 4) is 28.9 Å². The van der Waals surface area contributed by atoms with Gasteiger partial charge in [-0.05, 0) is 50.2 Å². The van der Waals surface area contributed by atoms with Crippen LogP contribution in [0.4, 0.5) is 4.39 Å². The summed E-state index contributed by atoms with van der Waals surface area (Å²) in [4.78, 5) is 12.9. The lowest BCUT2D eigenvalue weighted by atomic mass is 10.1. The van der Waals surface area contributed by atoms with E-state index in [-0.39, 0.29) is 17.5 Å². The van der Waals surface area contributed by atoms with E-state index in [1.807, 2.05) is 30.3 Å². The van der Waals surface area contributed by atoms with E-state index in [1.54, 1.807) is 13.8 Å². The van der Waals surface area contributed by atoms with Crippen molar-refractivity contribution < 1.29 is 18.4 Å². The molecule has 0 aliphatic carbocycles. The van der Waals surface area contributed by atoms with Crippen molar-refractivity contribution in [1.29, 1.82) is 0 Å². The number of hydrogen-bond donors (Lipinski definition) is 0. The van der Waals surface area contributed by atoms with Crippen LogP contribution in [0.2, 0.25) is 0 Å². The Bertz CT molecular complexity index is 1080. The molecule has 0 N–H and O–H groups in total. The third kappa shape index (κ3) is 4.37. The molecule has 2 heterocycles. The molecule has 7 nitrogen and oxygen atoms in total. The van der Waals surface area contributed by atoms with Crippen LogP contribution in [0.25, 0.3) is 11.5 Å². The molecule has 0 saturated heterocycles. The predicted molar refractivity (Wildman–Crippen MR) is 102 cm³/mol. The van der Waals surface area contributed by atoms with Crippen molar-refractivity contribution in [2.75, 3.05) is 0 Å². The minimum Gasteiger partial charge on any atom is -0.478 e. The van der Waals surface area contributed by atoms with Crippen LogP contribution in [0.1, 0.15) is 19.7 Å². The predicted octanol–water partition coefficient (Wildman–Crippen LogP) is 4.77. The highest BCUT2D eigenvalue weighted by Crippen LogP contribution is 2.28. The number of benzene rings is 2. The lowest BCUT2D eigenvalue weighted by molar-refractivity contribution is 0.0691. The van der Waals surface area contributed by atoms with Gasteiger partial charge in [-0.25, -0.2) is 14.4 Å². The maximum absolute atomic E-state index is 13.1. The van der Waals surface area contributed by atoms with Crippen molar-refractivity contribution in [2.45, 2.75) is 19.4 Å². The molecule has 0 aliphatic rings. The molecule has 0 saturated carbocycles. The quantitative estimate of drug-likeness (QED) is 0.467. The highest BCUT2D eigenvalue weighted by Gasteiger charge is 2.30. The maximum atomic E-state index is 13.1. The first-order valence-electron chi connectivity index (χ1n) is 8.84. The standard InChI is InChI=1S/C21H17FN4O3/c1-21(2,28-16-10-8-14(22)9-11-16)20-25-19(26-29-20)17-12-24-18(13-23-17)27-15-6-4-3-5-7-15/h3-13H,1-2H3. The average Bonchev–Trinajstić information content (AvgIpc) is 3.22. The zero-order chi connectivity index (χ0) is 20.3. The van der Waals surface area contributed by atoms with E-state index in [1.165, 1.54) is 36.7 Å². The third-order valence-corrected chi connectivity index (χ3v) is 3.95. The number of para-hydroxylation sites is 1. The van der Waals surface area contributed by atoms with Gasteiger partial charge in [-0.1, -0.05) is 23.4 Å². The van der Waals surface area contributed by atoms with Gasteiger partial charge >= 0.3 is 0 Å². The fourth-order valence-electron chi connectivity index (χ4n) is 2.51. The number of aromatic nitrogens is 4. The van der Waals surface area contributed by atoms with E-state index in [2.05, 4.69) is 20.1 Å². The van der Waals surface area contributed by atoms with Crippen LogP contribution in [0.5, 0.6) is 17.4 Å². The molecule has 0 unspecified atom stereocenters. The minimum atomic E-state index is -0.924. The molecule has 2 aromatic heterocycles. The summed E-state index contributed by atoms with van der Waals surface area (Å²) in [5.74, 6) is 1.68. The van der Waals surface area contributed by atoms with Crippen LogP contribution < -0.4 is 9.47 Å². The molecule has 0 radical (unpaired) electrons. The number of rotatable bonds is 6. The van der Waals surface area contributed by atoms with E-state index < -0.39 is 5.60 Å². The minimum absolute atomic E-state index is 0.253. The summed E-state index contributed by atoms with van der Waals surface area (Å²) < 4.78 is 29.9. The molecule has 0 spiro atoms. The van der Waals surface area contributed by atoms with Crippen molar-refractivity contribution in [3.63, 3.8) is 0 Å². The molecule has 4 rings (SSSR count).